The number of fused-ring (bicyclic) bond motifs is 5. The number of Topliss-reactive ketones (excluding diaryl/α,β-unsaturated/α-hetero) is 1. The van der Waals surface area contributed by atoms with Gasteiger partial charge in [-0.1, -0.05) is 19.4 Å². The highest BCUT2D eigenvalue weighted by Gasteiger charge is 2.68. The third-order valence-electron chi connectivity index (χ3n) is 10.9. The molecule has 6 atom stereocenters. The van der Waals surface area contributed by atoms with Crippen LogP contribution in [0.3, 0.4) is 0 Å². The topological polar surface area (TPSA) is 150 Å². The number of ether oxygens (including phenoxy) is 2. The van der Waals surface area contributed by atoms with E-state index in [2.05, 4.69) is 6.92 Å². The minimum Gasteiger partial charge on any atom is -0.457 e. The fourth-order valence-corrected chi connectivity index (χ4v) is 8.83. The van der Waals surface area contributed by atoms with E-state index in [9.17, 15) is 33.6 Å². The lowest BCUT2D eigenvalue weighted by Crippen LogP contribution is -2.59. The Bertz CT molecular complexity index is 1250. The zero-order valence-electron chi connectivity index (χ0n) is 24.5. The van der Waals surface area contributed by atoms with Gasteiger partial charge in [0.1, 0.15) is 0 Å². The van der Waals surface area contributed by atoms with Crippen LogP contribution in [-0.2, 0) is 47.9 Å². The van der Waals surface area contributed by atoms with Crippen molar-refractivity contribution in [3.63, 3.8) is 0 Å². The Kier molecular flexibility index (Phi) is 7.91. The first-order valence-electron chi connectivity index (χ1n) is 15.0. The zero-order chi connectivity index (χ0) is 30.4. The smallest absolute Gasteiger partial charge is 0.333 e. The molecule has 228 valence electrons. The second-order valence-electron chi connectivity index (χ2n) is 13.0. The molecule has 1 saturated heterocycles. The van der Waals surface area contributed by atoms with E-state index < -0.39 is 66.0 Å². The molecule has 1 aliphatic heterocycles. The number of imide groups is 1. The van der Waals surface area contributed by atoms with Crippen molar-refractivity contribution in [2.75, 3.05) is 6.61 Å². The summed E-state index contributed by atoms with van der Waals surface area (Å²) in [5, 5.41) is 0.406. The van der Waals surface area contributed by atoms with Crippen LogP contribution in [0.15, 0.2) is 11.6 Å². The number of amides is 2. The van der Waals surface area contributed by atoms with Gasteiger partial charge in [-0.05, 0) is 74.2 Å². The molecule has 0 bridgehead atoms. The summed E-state index contributed by atoms with van der Waals surface area (Å²) in [7, 11) is 0. The average molecular weight is 586 g/mol. The monoisotopic (exact) mass is 585 g/mol. The number of esters is 2. The predicted octanol–water partition coefficient (Wildman–Crippen LogP) is 3.32. The Balaban J connectivity index is 1.24. The molecule has 5 rings (SSSR count). The summed E-state index contributed by atoms with van der Waals surface area (Å²) in [5.74, 6) is -3.01. The summed E-state index contributed by atoms with van der Waals surface area (Å²) >= 11 is 0. The number of rotatable bonds is 8. The number of carbonyl (C=O) groups is 7. The van der Waals surface area contributed by atoms with Crippen molar-refractivity contribution in [2.24, 2.45) is 28.6 Å². The van der Waals surface area contributed by atoms with Gasteiger partial charge in [-0.3, -0.25) is 28.8 Å². The van der Waals surface area contributed by atoms with E-state index in [1.807, 2.05) is 13.0 Å². The van der Waals surface area contributed by atoms with Crippen molar-refractivity contribution in [3.8, 4) is 0 Å². The van der Waals surface area contributed by atoms with Gasteiger partial charge in [0.2, 0.25) is 5.78 Å². The maximum absolute atomic E-state index is 13.8. The molecule has 11 heteroatoms. The minimum absolute atomic E-state index is 0.0408. The first-order valence-corrected chi connectivity index (χ1v) is 15.0. The van der Waals surface area contributed by atoms with Crippen LogP contribution in [0.4, 0.5) is 0 Å². The quantitative estimate of drug-likeness (QED) is 0.306. The molecule has 0 spiro atoms. The van der Waals surface area contributed by atoms with Gasteiger partial charge < -0.3 is 14.3 Å². The summed E-state index contributed by atoms with van der Waals surface area (Å²) in [6, 6.07) is 0. The van der Waals surface area contributed by atoms with Crippen LogP contribution in [0.25, 0.3) is 0 Å². The van der Waals surface area contributed by atoms with E-state index >= 15 is 0 Å². The Morgan fingerprint density at radius 3 is 2.21 bits per heavy atom. The van der Waals surface area contributed by atoms with E-state index in [0.717, 1.165) is 25.7 Å². The van der Waals surface area contributed by atoms with Gasteiger partial charge in [-0.15, -0.1) is 5.06 Å². The highest BCUT2D eigenvalue weighted by Crippen LogP contribution is 2.68. The van der Waals surface area contributed by atoms with E-state index in [1.54, 1.807) is 0 Å². The average Bonchev–Trinajstić information content (AvgIpc) is 3.41. The van der Waals surface area contributed by atoms with Crippen LogP contribution < -0.4 is 0 Å². The lowest BCUT2D eigenvalue weighted by molar-refractivity contribution is -0.197. The molecular weight excluding hydrogens is 546 g/mol. The Hall–Kier alpha value is -3.37. The lowest BCUT2D eigenvalue weighted by atomic mass is 9.46. The Morgan fingerprint density at radius 1 is 0.857 bits per heavy atom. The number of ketones is 2. The largest absolute Gasteiger partial charge is 0.457 e. The van der Waals surface area contributed by atoms with Gasteiger partial charge >= 0.3 is 17.9 Å². The van der Waals surface area contributed by atoms with Gasteiger partial charge in [0, 0.05) is 31.6 Å². The molecule has 1 heterocycles. The Labute approximate surface area is 244 Å². The van der Waals surface area contributed by atoms with Crippen LogP contribution in [0, 0.1) is 28.6 Å². The summed E-state index contributed by atoms with van der Waals surface area (Å²) in [6.45, 7) is 4.98. The Morgan fingerprint density at radius 2 is 1.52 bits per heavy atom. The van der Waals surface area contributed by atoms with Crippen LogP contribution in [0.1, 0.15) is 97.8 Å². The van der Waals surface area contributed by atoms with E-state index in [0.29, 0.717) is 42.6 Å². The summed E-state index contributed by atoms with van der Waals surface area (Å²) < 4.78 is 11.1. The van der Waals surface area contributed by atoms with Crippen molar-refractivity contribution in [1.82, 2.24) is 5.06 Å². The normalized spacial score (nSPS) is 35.5. The number of hydrogen-bond donors (Lipinski definition) is 0. The van der Waals surface area contributed by atoms with Crippen LogP contribution in [0.2, 0.25) is 0 Å². The van der Waals surface area contributed by atoms with E-state index in [-0.39, 0.29) is 30.0 Å². The molecule has 11 nitrogen and oxygen atoms in total. The van der Waals surface area contributed by atoms with Gasteiger partial charge in [0.15, 0.2) is 18.0 Å². The second kappa shape index (κ2) is 11.0. The number of hydroxylamine groups is 2. The number of carbonyl (C=O) groups excluding carboxylic acids is 7. The zero-order valence-corrected chi connectivity index (χ0v) is 24.5. The molecule has 3 saturated carbocycles. The fraction of sp³-hybridized carbons (Fsp3) is 0.710. The van der Waals surface area contributed by atoms with Crippen molar-refractivity contribution >= 4 is 41.3 Å². The molecule has 4 fully saturated rings. The standard InChI is InChI=1S/C31H39NO10/c1-18(33)41-31(24(35)17-40-27(38)8-9-28(39)42-32-25(36)6-7-26(32)37)15-12-23-21-5-4-19-16-20(34)10-13-29(19,2)22(21)11-14-30(23,31)3/h16,21-23H,4-15,17H2,1-3H3/t21-,22-,23-,29+,30+,31+/m1/s1. The molecule has 0 aromatic rings. The highest BCUT2D eigenvalue weighted by molar-refractivity contribution is 6.01. The highest BCUT2D eigenvalue weighted by atomic mass is 16.7. The lowest BCUT2D eigenvalue weighted by Gasteiger charge is -2.59. The number of allylic oxidation sites excluding steroid dienone is 1. The van der Waals surface area contributed by atoms with E-state index in [1.165, 1.54) is 12.5 Å². The molecule has 0 unspecified atom stereocenters. The van der Waals surface area contributed by atoms with Gasteiger partial charge in [0.25, 0.3) is 11.8 Å². The minimum atomic E-state index is -1.43. The van der Waals surface area contributed by atoms with Crippen molar-refractivity contribution in [1.29, 1.82) is 0 Å². The van der Waals surface area contributed by atoms with Crippen LogP contribution in [0.5, 0.6) is 0 Å². The molecule has 0 aromatic heterocycles. The van der Waals surface area contributed by atoms with Gasteiger partial charge in [-0.25, -0.2) is 4.79 Å². The number of nitrogens with zero attached hydrogens (tertiary/aromatic N) is 1. The third-order valence-corrected chi connectivity index (χ3v) is 10.9. The molecule has 0 aromatic carbocycles. The molecule has 0 N–H and O–H groups in total. The molecule has 5 aliphatic rings. The van der Waals surface area contributed by atoms with E-state index in [4.69, 9.17) is 14.3 Å². The maximum Gasteiger partial charge on any atom is 0.333 e. The summed E-state index contributed by atoms with van der Waals surface area (Å²) in [4.78, 5) is 90.8. The predicted molar refractivity (Wildman–Crippen MR) is 144 cm³/mol. The SMILES string of the molecule is CC(=O)O[C@]1(C(=O)COC(=O)CCC(=O)ON2C(=O)CCC2=O)CC[C@@H]2[C@@H]3CCC4=CC(=O)CC[C@]4(C)[C@@H]3CC[C@@]21C. The molecule has 4 aliphatic carbocycles. The van der Waals surface area contributed by atoms with Gasteiger partial charge in [-0.2, -0.15) is 0 Å². The molecule has 42 heavy (non-hydrogen) atoms. The molecule has 2 amide bonds. The molecule has 0 radical (unpaired) electrons. The second-order valence-corrected chi connectivity index (χ2v) is 13.0. The van der Waals surface area contributed by atoms with Crippen LogP contribution >= 0.6 is 0 Å². The maximum atomic E-state index is 13.8. The first-order chi connectivity index (χ1) is 19.8. The summed E-state index contributed by atoms with van der Waals surface area (Å²) in [6.07, 6.45) is 6.65. The third kappa shape index (κ3) is 4.98. The number of hydrogen-bond acceptors (Lipinski definition) is 10. The fourth-order valence-electron chi connectivity index (χ4n) is 8.83. The first kappa shape index (κ1) is 30.1. The molecular formula is C31H39NO10. The van der Waals surface area contributed by atoms with Crippen molar-refractivity contribution in [2.45, 2.75) is 103 Å². The summed E-state index contributed by atoms with van der Waals surface area (Å²) in [5.41, 5.74) is -0.854. The van der Waals surface area contributed by atoms with Crippen molar-refractivity contribution < 1.29 is 47.9 Å². The van der Waals surface area contributed by atoms with Gasteiger partial charge in [0.05, 0.1) is 12.8 Å². The van der Waals surface area contributed by atoms with Crippen molar-refractivity contribution in [3.05, 3.63) is 11.6 Å². The van der Waals surface area contributed by atoms with Crippen LogP contribution in [-0.4, -0.2) is 58.6 Å².